The number of rotatable bonds is 7. The molecule has 130 valence electrons. The molecule has 2 aromatic carbocycles. The monoisotopic (exact) mass is 338 g/mol. The summed E-state index contributed by atoms with van der Waals surface area (Å²) in [5, 5.41) is 5.44. The van der Waals surface area contributed by atoms with Crippen LogP contribution in [0, 0.1) is 0 Å². The Labute approximate surface area is 147 Å². The SMILES string of the molecule is COc1ccc(CNC(=O)[C@H](C)NC(=O)/C=C/c2ccccc2)cc1. The first-order chi connectivity index (χ1) is 12.1. The largest absolute Gasteiger partial charge is 0.497 e. The van der Waals surface area contributed by atoms with Crippen molar-refractivity contribution in [2.75, 3.05) is 7.11 Å². The lowest BCUT2D eigenvalue weighted by atomic mass is 10.2. The zero-order valence-corrected chi connectivity index (χ0v) is 14.4. The van der Waals surface area contributed by atoms with E-state index < -0.39 is 6.04 Å². The Morgan fingerprint density at radius 1 is 1.08 bits per heavy atom. The zero-order valence-electron chi connectivity index (χ0n) is 14.4. The highest BCUT2D eigenvalue weighted by Crippen LogP contribution is 2.10. The van der Waals surface area contributed by atoms with Crippen LogP contribution < -0.4 is 15.4 Å². The first-order valence-corrected chi connectivity index (χ1v) is 8.03. The second-order valence-electron chi connectivity index (χ2n) is 5.54. The average Bonchev–Trinajstić information content (AvgIpc) is 2.65. The molecule has 0 unspecified atom stereocenters. The summed E-state index contributed by atoms with van der Waals surface area (Å²) < 4.78 is 5.09. The molecule has 0 heterocycles. The molecule has 2 aromatic rings. The number of carbonyl (C=O) groups excluding carboxylic acids is 2. The quantitative estimate of drug-likeness (QED) is 0.763. The van der Waals surface area contributed by atoms with Crippen molar-refractivity contribution >= 4 is 17.9 Å². The van der Waals surface area contributed by atoms with Crippen molar-refractivity contribution in [3.05, 3.63) is 71.8 Å². The second-order valence-corrected chi connectivity index (χ2v) is 5.54. The summed E-state index contributed by atoms with van der Waals surface area (Å²) in [6.07, 6.45) is 3.12. The number of carbonyl (C=O) groups is 2. The molecule has 0 aliphatic carbocycles. The average molecular weight is 338 g/mol. The van der Waals surface area contributed by atoms with E-state index in [1.54, 1.807) is 20.1 Å². The van der Waals surface area contributed by atoms with E-state index in [0.29, 0.717) is 6.54 Å². The molecular weight excluding hydrogens is 316 g/mol. The molecule has 5 heteroatoms. The van der Waals surface area contributed by atoms with Gasteiger partial charge in [-0.3, -0.25) is 9.59 Å². The third-order valence-corrected chi connectivity index (χ3v) is 3.60. The van der Waals surface area contributed by atoms with Crippen LogP contribution in [0.2, 0.25) is 0 Å². The lowest BCUT2D eigenvalue weighted by Gasteiger charge is -2.13. The standard InChI is InChI=1S/C20H22N2O3/c1-15(22-19(23)13-10-16-6-4-3-5-7-16)20(24)21-14-17-8-11-18(25-2)12-9-17/h3-13,15H,14H2,1-2H3,(H,21,24)(H,22,23)/b13-10+/t15-/m0/s1. The van der Waals surface area contributed by atoms with Gasteiger partial charge in [0, 0.05) is 12.6 Å². The highest BCUT2D eigenvalue weighted by molar-refractivity contribution is 5.95. The van der Waals surface area contributed by atoms with Crippen LogP contribution in [0.25, 0.3) is 6.08 Å². The van der Waals surface area contributed by atoms with Gasteiger partial charge < -0.3 is 15.4 Å². The van der Waals surface area contributed by atoms with Gasteiger partial charge in [0.1, 0.15) is 11.8 Å². The lowest BCUT2D eigenvalue weighted by Crippen LogP contribution is -2.44. The van der Waals surface area contributed by atoms with Crippen molar-refractivity contribution in [2.24, 2.45) is 0 Å². The van der Waals surface area contributed by atoms with Gasteiger partial charge in [0.25, 0.3) is 0 Å². The maximum atomic E-state index is 12.1. The molecule has 0 aliphatic heterocycles. The smallest absolute Gasteiger partial charge is 0.244 e. The molecule has 0 saturated heterocycles. The summed E-state index contributed by atoms with van der Waals surface area (Å²) in [6.45, 7) is 2.04. The lowest BCUT2D eigenvalue weighted by molar-refractivity contribution is -0.126. The van der Waals surface area contributed by atoms with Crippen LogP contribution in [0.15, 0.2) is 60.7 Å². The molecule has 0 bridgehead atoms. The third kappa shape index (κ3) is 6.14. The number of amides is 2. The molecule has 0 spiro atoms. The zero-order chi connectivity index (χ0) is 18.1. The molecule has 0 aromatic heterocycles. The van der Waals surface area contributed by atoms with Gasteiger partial charge in [-0.05, 0) is 36.3 Å². The van der Waals surface area contributed by atoms with Gasteiger partial charge in [-0.25, -0.2) is 0 Å². The highest BCUT2D eigenvalue weighted by Gasteiger charge is 2.13. The van der Waals surface area contributed by atoms with E-state index in [2.05, 4.69) is 10.6 Å². The fourth-order valence-electron chi connectivity index (χ4n) is 2.15. The number of hydrogen-bond acceptors (Lipinski definition) is 3. The van der Waals surface area contributed by atoms with Gasteiger partial charge in [-0.2, -0.15) is 0 Å². The van der Waals surface area contributed by atoms with Crippen LogP contribution in [-0.4, -0.2) is 25.0 Å². The maximum Gasteiger partial charge on any atom is 0.244 e. The van der Waals surface area contributed by atoms with Gasteiger partial charge in [0.15, 0.2) is 0 Å². The first kappa shape index (κ1) is 18.3. The number of benzene rings is 2. The minimum atomic E-state index is -0.619. The van der Waals surface area contributed by atoms with Crippen LogP contribution in [0.5, 0.6) is 5.75 Å². The van der Waals surface area contributed by atoms with Crippen molar-refractivity contribution in [2.45, 2.75) is 19.5 Å². The molecule has 2 rings (SSSR count). The van der Waals surface area contributed by atoms with Gasteiger partial charge >= 0.3 is 0 Å². The summed E-state index contributed by atoms with van der Waals surface area (Å²) >= 11 is 0. The topological polar surface area (TPSA) is 67.4 Å². The molecule has 1 atom stereocenters. The van der Waals surface area contributed by atoms with Crippen LogP contribution in [0.1, 0.15) is 18.1 Å². The normalized spacial score (nSPS) is 11.8. The molecule has 0 aliphatic rings. The van der Waals surface area contributed by atoms with Crippen molar-refractivity contribution in [3.63, 3.8) is 0 Å². The number of methoxy groups -OCH3 is 1. The molecule has 0 radical (unpaired) electrons. The fourth-order valence-corrected chi connectivity index (χ4v) is 2.15. The van der Waals surface area contributed by atoms with Gasteiger partial charge in [0.2, 0.25) is 11.8 Å². The summed E-state index contributed by atoms with van der Waals surface area (Å²) in [4.78, 5) is 24.0. The highest BCUT2D eigenvalue weighted by atomic mass is 16.5. The van der Waals surface area contributed by atoms with Crippen molar-refractivity contribution < 1.29 is 14.3 Å². The minimum Gasteiger partial charge on any atom is -0.497 e. The third-order valence-electron chi connectivity index (χ3n) is 3.60. The molecule has 2 N–H and O–H groups in total. The van der Waals surface area contributed by atoms with Crippen LogP contribution >= 0.6 is 0 Å². The number of nitrogens with one attached hydrogen (secondary N) is 2. The number of hydrogen-bond donors (Lipinski definition) is 2. The van der Waals surface area contributed by atoms with Crippen molar-refractivity contribution in [1.29, 1.82) is 0 Å². The molecular formula is C20H22N2O3. The van der Waals surface area contributed by atoms with E-state index in [0.717, 1.165) is 16.9 Å². The van der Waals surface area contributed by atoms with Crippen LogP contribution in [-0.2, 0) is 16.1 Å². The fraction of sp³-hybridized carbons (Fsp3) is 0.200. The minimum absolute atomic E-state index is 0.239. The van der Waals surface area contributed by atoms with E-state index in [1.807, 2.05) is 54.6 Å². The van der Waals surface area contributed by atoms with E-state index >= 15 is 0 Å². The molecule has 0 saturated carbocycles. The predicted octanol–water partition coefficient (Wildman–Crippen LogP) is 2.53. The summed E-state index contributed by atoms with van der Waals surface area (Å²) in [6, 6.07) is 16.3. The first-order valence-electron chi connectivity index (χ1n) is 8.03. The van der Waals surface area contributed by atoms with Crippen molar-refractivity contribution in [3.8, 4) is 5.75 Å². The van der Waals surface area contributed by atoms with Crippen LogP contribution in [0.3, 0.4) is 0 Å². The number of ether oxygens (including phenoxy) is 1. The molecule has 5 nitrogen and oxygen atoms in total. The summed E-state index contributed by atoms with van der Waals surface area (Å²) in [5.41, 5.74) is 1.88. The van der Waals surface area contributed by atoms with E-state index in [9.17, 15) is 9.59 Å². The molecule has 2 amide bonds. The summed E-state index contributed by atoms with van der Waals surface area (Å²) in [7, 11) is 1.60. The molecule has 25 heavy (non-hydrogen) atoms. The predicted molar refractivity (Wildman–Crippen MR) is 97.9 cm³/mol. The Morgan fingerprint density at radius 3 is 2.40 bits per heavy atom. The van der Waals surface area contributed by atoms with Gasteiger partial charge in [0.05, 0.1) is 7.11 Å². The Kier molecular flexibility index (Phi) is 6.77. The van der Waals surface area contributed by atoms with Gasteiger partial charge in [-0.1, -0.05) is 42.5 Å². The molecule has 0 fully saturated rings. The van der Waals surface area contributed by atoms with E-state index in [4.69, 9.17) is 4.74 Å². The Bertz CT molecular complexity index is 724. The maximum absolute atomic E-state index is 12.1. The van der Waals surface area contributed by atoms with Gasteiger partial charge in [-0.15, -0.1) is 0 Å². The Morgan fingerprint density at radius 2 is 1.76 bits per heavy atom. The van der Waals surface area contributed by atoms with E-state index in [1.165, 1.54) is 6.08 Å². The second kappa shape index (κ2) is 9.27. The Hall–Kier alpha value is -3.08. The summed E-state index contributed by atoms with van der Waals surface area (Å²) in [5.74, 6) is 0.217. The van der Waals surface area contributed by atoms with Crippen LogP contribution in [0.4, 0.5) is 0 Å². The Balaban J connectivity index is 1.78. The van der Waals surface area contributed by atoms with Crippen molar-refractivity contribution in [1.82, 2.24) is 10.6 Å². The van der Waals surface area contributed by atoms with E-state index in [-0.39, 0.29) is 11.8 Å².